The first-order chi connectivity index (χ1) is 8.42. The molecular formula is C14H15NO3. The highest BCUT2D eigenvalue weighted by Gasteiger charge is 2.28. The number of hydrogen-bond acceptors (Lipinski definition) is 3. The molecule has 2 aromatic rings. The number of rotatable bonds is 3. The molecule has 0 spiro atoms. The molecule has 4 nitrogen and oxygen atoms in total. The maximum atomic E-state index is 11.1. The normalized spacial score (nSPS) is 14.3. The predicted molar refractivity (Wildman–Crippen MR) is 69.5 cm³/mol. The smallest absolute Gasteiger partial charge is 0.323 e. The molecule has 0 fully saturated rings. The zero-order chi connectivity index (χ0) is 13.3. The second-order valence-electron chi connectivity index (χ2n) is 4.69. The van der Waals surface area contributed by atoms with E-state index in [2.05, 4.69) is 0 Å². The van der Waals surface area contributed by atoms with Crippen molar-refractivity contribution in [3.8, 4) is 5.75 Å². The molecule has 1 atom stereocenters. The van der Waals surface area contributed by atoms with Gasteiger partial charge in [-0.25, -0.2) is 0 Å². The fourth-order valence-electron chi connectivity index (χ4n) is 1.97. The van der Waals surface area contributed by atoms with Crippen LogP contribution in [0.4, 0.5) is 0 Å². The zero-order valence-corrected chi connectivity index (χ0v) is 10.1. The van der Waals surface area contributed by atoms with Crippen LogP contribution in [0.5, 0.6) is 5.75 Å². The van der Waals surface area contributed by atoms with E-state index in [1.165, 1.54) is 6.92 Å². The van der Waals surface area contributed by atoms with E-state index < -0.39 is 11.5 Å². The first-order valence-corrected chi connectivity index (χ1v) is 5.64. The summed E-state index contributed by atoms with van der Waals surface area (Å²) in [5.41, 5.74) is 5.25. The van der Waals surface area contributed by atoms with Crippen molar-refractivity contribution in [3.63, 3.8) is 0 Å². The van der Waals surface area contributed by atoms with Gasteiger partial charge >= 0.3 is 5.97 Å². The number of phenols is 1. The predicted octanol–water partition coefficient (Wildman–Crippen LogP) is 1.89. The highest BCUT2D eigenvalue weighted by atomic mass is 16.4. The Morgan fingerprint density at radius 1 is 1.22 bits per heavy atom. The molecule has 0 saturated heterocycles. The van der Waals surface area contributed by atoms with Crippen LogP contribution >= 0.6 is 0 Å². The lowest BCUT2D eigenvalue weighted by Gasteiger charge is -2.20. The van der Waals surface area contributed by atoms with Crippen LogP contribution in [-0.2, 0) is 11.2 Å². The minimum Gasteiger partial charge on any atom is -0.507 e. The Morgan fingerprint density at radius 2 is 1.83 bits per heavy atom. The number of carboxylic acid groups (broad SMARTS) is 1. The summed E-state index contributed by atoms with van der Waals surface area (Å²) in [5.74, 6) is -0.858. The molecule has 2 rings (SSSR count). The largest absolute Gasteiger partial charge is 0.507 e. The number of aliphatic carboxylic acids is 1. The van der Waals surface area contributed by atoms with Gasteiger partial charge in [0.2, 0.25) is 0 Å². The van der Waals surface area contributed by atoms with Crippen LogP contribution in [0.15, 0.2) is 36.4 Å². The minimum absolute atomic E-state index is 0.184. The molecule has 94 valence electrons. The molecule has 0 radical (unpaired) electrons. The zero-order valence-electron chi connectivity index (χ0n) is 10.1. The van der Waals surface area contributed by atoms with E-state index in [1.54, 1.807) is 18.2 Å². The fourth-order valence-corrected chi connectivity index (χ4v) is 1.97. The third-order valence-corrected chi connectivity index (χ3v) is 3.04. The number of fused-ring (bicyclic) bond motifs is 1. The molecule has 2 aromatic carbocycles. The Bertz CT molecular complexity index is 605. The van der Waals surface area contributed by atoms with Crippen molar-refractivity contribution in [2.45, 2.75) is 18.9 Å². The van der Waals surface area contributed by atoms with Gasteiger partial charge in [-0.05, 0) is 23.9 Å². The van der Waals surface area contributed by atoms with E-state index in [4.69, 9.17) is 10.8 Å². The SMILES string of the molecule is C[C@](N)(Cc1ccc(O)c2ccccc12)C(=O)O. The van der Waals surface area contributed by atoms with Crippen molar-refractivity contribution in [1.82, 2.24) is 0 Å². The molecule has 0 aromatic heterocycles. The lowest BCUT2D eigenvalue weighted by Crippen LogP contribution is -2.46. The molecule has 0 heterocycles. The Labute approximate surface area is 105 Å². The number of carbonyl (C=O) groups is 1. The van der Waals surface area contributed by atoms with Crippen LogP contribution in [0.25, 0.3) is 10.8 Å². The summed E-state index contributed by atoms with van der Waals surface area (Å²) in [7, 11) is 0. The maximum absolute atomic E-state index is 11.1. The molecule has 0 aliphatic heterocycles. The van der Waals surface area contributed by atoms with E-state index in [0.717, 1.165) is 10.9 Å². The second kappa shape index (κ2) is 4.31. The summed E-state index contributed by atoms with van der Waals surface area (Å²) in [6.45, 7) is 1.48. The van der Waals surface area contributed by atoms with E-state index in [-0.39, 0.29) is 12.2 Å². The molecule has 0 saturated carbocycles. The third kappa shape index (κ3) is 2.15. The standard InChI is InChI=1S/C14H15NO3/c1-14(15,13(17)18)8-9-6-7-12(16)11-5-3-2-4-10(9)11/h2-7,16H,8,15H2,1H3,(H,17,18)/t14-/m0/s1. The van der Waals surface area contributed by atoms with E-state index in [0.29, 0.717) is 5.39 Å². The van der Waals surface area contributed by atoms with Crippen LogP contribution in [0.1, 0.15) is 12.5 Å². The van der Waals surface area contributed by atoms with Gasteiger partial charge in [0.1, 0.15) is 11.3 Å². The number of carboxylic acids is 1. The van der Waals surface area contributed by atoms with Gasteiger partial charge in [-0.2, -0.15) is 0 Å². The van der Waals surface area contributed by atoms with E-state index >= 15 is 0 Å². The lowest BCUT2D eigenvalue weighted by atomic mass is 9.91. The summed E-state index contributed by atoms with van der Waals surface area (Å²) in [5, 5.41) is 20.3. The summed E-state index contributed by atoms with van der Waals surface area (Å²) >= 11 is 0. The number of benzene rings is 2. The van der Waals surface area contributed by atoms with Crippen molar-refractivity contribution in [2.24, 2.45) is 5.73 Å². The van der Waals surface area contributed by atoms with Gasteiger partial charge in [0, 0.05) is 11.8 Å². The van der Waals surface area contributed by atoms with Crippen LogP contribution in [0.3, 0.4) is 0 Å². The van der Waals surface area contributed by atoms with Crippen LogP contribution in [-0.4, -0.2) is 21.7 Å². The average molecular weight is 245 g/mol. The van der Waals surface area contributed by atoms with Crippen molar-refractivity contribution in [3.05, 3.63) is 42.0 Å². The highest BCUT2D eigenvalue weighted by molar-refractivity contribution is 5.91. The van der Waals surface area contributed by atoms with Gasteiger partial charge in [0.15, 0.2) is 0 Å². The molecule has 4 heteroatoms. The van der Waals surface area contributed by atoms with Gasteiger partial charge in [0.05, 0.1) is 0 Å². The van der Waals surface area contributed by atoms with Gasteiger partial charge in [-0.3, -0.25) is 4.79 Å². The molecule has 4 N–H and O–H groups in total. The van der Waals surface area contributed by atoms with Crippen molar-refractivity contribution >= 4 is 16.7 Å². The Morgan fingerprint density at radius 3 is 2.44 bits per heavy atom. The maximum Gasteiger partial charge on any atom is 0.323 e. The van der Waals surface area contributed by atoms with Crippen molar-refractivity contribution < 1.29 is 15.0 Å². The summed E-state index contributed by atoms with van der Waals surface area (Å²) < 4.78 is 0. The first-order valence-electron chi connectivity index (χ1n) is 5.64. The van der Waals surface area contributed by atoms with Gasteiger partial charge in [-0.1, -0.05) is 30.3 Å². The molecule has 0 bridgehead atoms. The lowest BCUT2D eigenvalue weighted by molar-refractivity contribution is -0.142. The fraction of sp³-hybridized carbons (Fsp3) is 0.214. The number of phenolic OH excluding ortho intramolecular Hbond substituents is 1. The second-order valence-corrected chi connectivity index (χ2v) is 4.69. The van der Waals surface area contributed by atoms with Crippen LogP contribution in [0.2, 0.25) is 0 Å². The topological polar surface area (TPSA) is 83.5 Å². The molecule has 0 unspecified atom stereocenters. The molecule has 0 amide bonds. The molecule has 0 aliphatic carbocycles. The first kappa shape index (κ1) is 12.4. The van der Waals surface area contributed by atoms with Crippen LogP contribution < -0.4 is 5.73 Å². The number of aromatic hydroxyl groups is 1. The van der Waals surface area contributed by atoms with Gasteiger partial charge in [0.25, 0.3) is 0 Å². The minimum atomic E-state index is -1.32. The van der Waals surface area contributed by atoms with Gasteiger partial charge in [-0.15, -0.1) is 0 Å². The monoisotopic (exact) mass is 245 g/mol. The van der Waals surface area contributed by atoms with Gasteiger partial charge < -0.3 is 15.9 Å². The average Bonchev–Trinajstić information content (AvgIpc) is 2.33. The Kier molecular flexibility index (Phi) is 2.97. The Hall–Kier alpha value is -2.07. The molecule has 18 heavy (non-hydrogen) atoms. The highest BCUT2D eigenvalue weighted by Crippen LogP contribution is 2.29. The van der Waals surface area contributed by atoms with E-state index in [1.807, 2.05) is 18.2 Å². The quantitative estimate of drug-likeness (QED) is 0.771. The van der Waals surface area contributed by atoms with E-state index in [9.17, 15) is 9.90 Å². The molecule has 0 aliphatic rings. The number of nitrogens with two attached hydrogens (primary N) is 1. The van der Waals surface area contributed by atoms with Crippen LogP contribution in [0, 0.1) is 0 Å². The third-order valence-electron chi connectivity index (χ3n) is 3.04. The molecular weight excluding hydrogens is 230 g/mol. The Balaban J connectivity index is 2.53. The number of hydrogen-bond donors (Lipinski definition) is 3. The van der Waals surface area contributed by atoms with Crippen molar-refractivity contribution in [2.75, 3.05) is 0 Å². The summed E-state index contributed by atoms with van der Waals surface area (Å²) in [6, 6.07) is 10.6. The summed E-state index contributed by atoms with van der Waals surface area (Å²) in [4.78, 5) is 11.1. The van der Waals surface area contributed by atoms with Crippen molar-refractivity contribution in [1.29, 1.82) is 0 Å². The summed E-state index contributed by atoms with van der Waals surface area (Å²) in [6.07, 6.45) is 0.211.